The van der Waals surface area contributed by atoms with Crippen molar-refractivity contribution in [1.82, 2.24) is 10.3 Å². The van der Waals surface area contributed by atoms with Crippen LogP contribution < -0.4 is 10.1 Å². The normalized spacial score (nSPS) is 10.3. The van der Waals surface area contributed by atoms with Gasteiger partial charge in [0, 0.05) is 16.3 Å². The number of nitrogens with one attached hydrogen (secondary N) is 1. The van der Waals surface area contributed by atoms with Gasteiger partial charge >= 0.3 is 0 Å². The van der Waals surface area contributed by atoms with E-state index in [-0.39, 0.29) is 0 Å². The zero-order valence-corrected chi connectivity index (χ0v) is 12.3. The number of halogens is 1. The lowest BCUT2D eigenvalue weighted by molar-refractivity contribution is 0.478. The lowest BCUT2D eigenvalue weighted by atomic mass is 10.2. The number of rotatable bonds is 5. The van der Waals surface area contributed by atoms with Crippen LogP contribution in [-0.2, 0) is 6.54 Å². The van der Waals surface area contributed by atoms with Crippen LogP contribution in [0.15, 0.2) is 42.7 Å². The summed E-state index contributed by atoms with van der Waals surface area (Å²) in [6, 6.07) is 9.96. The molecule has 0 aliphatic heterocycles. The van der Waals surface area contributed by atoms with E-state index in [0.29, 0.717) is 0 Å². The van der Waals surface area contributed by atoms with Gasteiger partial charge in [-0.2, -0.15) is 0 Å². The monoisotopic (exact) mass is 354 g/mol. The highest BCUT2D eigenvalue weighted by atomic mass is 127. The average Bonchev–Trinajstić information content (AvgIpc) is 2.37. The highest BCUT2D eigenvalue weighted by Crippen LogP contribution is 2.22. The van der Waals surface area contributed by atoms with Gasteiger partial charge in [-0.1, -0.05) is 13.0 Å². The maximum Gasteiger partial charge on any atom is 0.146 e. The largest absolute Gasteiger partial charge is 0.456 e. The van der Waals surface area contributed by atoms with Gasteiger partial charge in [0.15, 0.2) is 0 Å². The van der Waals surface area contributed by atoms with Crippen molar-refractivity contribution in [3.63, 3.8) is 0 Å². The van der Waals surface area contributed by atoms with E-state index in [4.69, 9.17) is 4.74 Å². The standard InChI is InChI=1S/C14H15IN2O/c1-2-16-8-11-6-14(10-17-9-11)18-13-5-3-4-12(15)7-13/h3-7,9-10,16H,2,8H2,1H3. The summed E-state index contributed by atoms with van der Waals surface area (Å²) < 4.78 is 6.94. The molecule has 1 aromatic heterocycles. The van der Waals surface area contributed by atoms with Crippen LogP contribution in [0.25, 0.3) is 0 Å². The van der Waals surface area contributed by atoms with Crippen LogP contribution in [0, 0.1) is 3.57 Å². The molecule has 1 N–H and O–H groups in total. The summed E-state index contributed by atoms with van der Waals surface area (Å²) in [5.41, 5.74) is 1.12. The Labute approximate surface area is 121 Å². The molecule has 0 atom stereocenters. The predicted octanol–water partition coefficient (Wildman–Crippen LogP) is 3.59. The summed E-state index contributed by atoms with van der Waals surface area (Å²) >= 11 is 2.27. The van der Waals surface area contributed by atoms with Gasteiger partial charge in [0.25, 0.3) is 0 Å². The van der Waals surface area contributed by atoms with E-state index in [2.05, 4.69) is 39.8 Å². The molecule has 3 nitrogen and oxygen atoms in total. The summed E-state index contributed by atoms with van der Waals surface area (Å²) in [5, 5.41) is 3.27. The molecule has 94 valence electrons. The van der Waals surface area contributed by atoms with Crippen molar-refractivity contribution >= 4 is 22.6 Å². The second-order valence-electron chi connectivity index (χ2n) is 3.87. The second kappa shape index (κ2) is 6.70. The van der Waals surface area contributed by atoms with Gasteiger partial charge < -0.3 is 10.1 Å². The smallest absolute Gasteiger partial charge is 0.146 e. The molecule has 0 amide bonds. The quantitative estimate of drug-likeness (QED) is 0.834. The Morgan fingerprint density at radius 2 is 2.11 bits per heavy atom. The SMILES string of the molecule is CCNCc1cncc(Oc2cccc(I)c2)c1. The first-order valence-corrected chi connectivity index (χ1v) is 6.94. The van der Waals surface area contributed by atoms with Crippen LogP contribution in [0.4, 0.5) is 0 Å². The highest BCUT2D eigenvalue weighted by molar-refractivity contribution is 14.1. The molecule has 4 heteroatoms. The molecule has 0 bridgehead atoms. The summed E-state index contributed by atoms with van der Waals surface area (Å²) in [6.45, 7) is 3.84. The minimum atomic E-state index is 0.771. The molecule has 0 radical (unpaired) electrons. The second-order valence-corrected chi connectivity index (χ2v) is 5.11. The average molecular weight is 354 g/mol. The lowest BCUT2D eigenvalue weighted by Crippen LogP contribution is -2.11. The van der Waals surface area contributed by atoms with Gasteiger partial charge in [-0.15, -0.1) is 0 Å². The Bertz CT molecular complexity index is 517. The van der Waals surface area contributed by atoms with Gasteiger partial charge in [0.2, 0.25) is 0 Å². The van der Waals surface area contributed by atoms with Crippen molar-refractivity contribution in [2.75, 3.05) is 6.54 Å². The van der Waals surface area contributed by atoms with E-state index in [1.807, 2.05) is 36.5 Å². The van der Waals surface area contributed by atoms with Crippen molar-refractivity contribution in [3.05, 3.63) is 51.9 Å². The topological polar surface area (TPSA) is 34.2 Å². The maximum atomic E-state index is 5.78. The van der Waals surface area contributed by atoms with Crippen LogP contribution in [0.2, 0.25) is 0 Å². The minimum absolute atomic E-state index is 0.771. The van der Waals surface area contributed by atoms with Gasteiger partial charge in [0.05, 0.1) is 6.20 Å². The van der Waals surface area contributed by atoms with Crippen LogP contribution in [0.3, 0.4) is 0 Å². The van der Waals surface area contributed by atoms with E-state index in [1.165, 1.54) is 0 Å². The molecular formula is C14H15IN2O. The fourth-order valence-electron chi connectivity index (χ4n) is 1.55. The van der Waals surface area contributed by atoms with Gasteiger partial charge in [-0.3, -0.25) is 4.98 Å². The zero-order valence-electron chi connectivity index (χ0n) is 10.2. The number of hydrogen-bond acceptors (Lipinski definition) is 3. The van der Waals surface area contributed by atoms with Crippen molar-refractivity contribution in [2.45, 2.75) is 13.5 Å². The molecular weight excluding hydrogens is 339 g/mol. The summed E-state index contributed by atoms with van der Waals surface area (Å²) in [5.74, 6) is 1.61. The Hall–Kier alpha value is -1.14. The van der Waals surface area contributed by atoms with Gasteiger partial charge in [-0.05, 0) is 59.0 Å². The van der Waals surface area contributed by atoms with Crippen molar-refractivity contribution in [2.24, 2.45) is 0 Å². The number of aromatic nitrogens is 1. The molecule has 0 aliphatic carbocycles. The summed E-state index contributed by atoms with van der Waals surface area (Å²) in [4.78, 5) is 4.19. The maximum absolute atomic E-state index is 5.78. The Balaban J connectivity index is 2.09. The summed E-state index contributed by atoms with van der Waals surface area (Å²) in [6.07, 6.45) is 3.58. The number of benzene rings is 1. The Morgan fingerprint density at radius 1 is 1.22 bits per heavy atom. The van der Waals surface area contributed by atoms with Crippen molar-refractivity contribution in [3.8, 4) is 11.5 Å². The number of nitrogens with zero attached hydrogens (tertiary/aromatic N) is 1. The molecule has 0 spiro atoms. The van der Waals surface area contributed by atoms with E-state index in [9.17, 15) is 0 Å². The highest BCUT2D eigenvalue weighted by Gasteiger charge is 2.00. The van der Waals surface area contributed by atoms with Crippen LogP contribution in [-0.4, -0.2) is 11.5 Å². The first-order chi connectivity index (χ1) is 8.78. The molecule has 1 heterocycles. The molecule has 2 aromatic rings. The first kappa shape index (κ1) is 13.3. The Kier molecular flexibility index (Phi) is 4.95. The molecule has 0 saturated heterocycles. The van der Waals surface area contributed by atoms with Gasteiger partial charge in [0.1, 0.15) is 11.5 Å². The fourth-order valence-corrected chi connectivity index (χ4v) is 2.07. The molecule has 2 rings (SSSR count). The molecule has 18 heavy (non-hydrogen) atoms. The third-order valence-electron chi connectivity index (χ3n) is 2.38. The third kappa shape index (κ3) is 3.96. The van der Waals surface area contributed by atoms with Gasteiger partial charge in [-0.25, -0.2) is 0 Å². The predicted molar refractivity (Wildman–Crippen MR) is 80.9 cm³/mol. The molecule has 1 aromatic carbocycles. The minimum Gasteiger partial charge on any atom is -0.456 e. The summed E-state index contributed by atoms with van der Waals surface area (Å²) in [7, 11) is 0. The van der Waals surface area contributed by atoms with Crippen LogP contribution >= 0.6 is 22.6 Å². The van der Waals surface area contributed by atoms with E-state index < -0.39 is 0 Å². The fraction of sp³-hybridized carbons (Fsp3) is 0.214. The lowest BCUT2D eigenvalue weighted by Gasteiger charge is -2.07. The third-order valence-corrected chi connectivity index (χ3v) is 3.05. The van der Waals surface area contributed by atoms with Crippen LogP contribution in [0.5, 0.6) is 11.5 Å². The van der Waals surface area contributed by atoms with E-state index >= 15 is 0 Å². The molecule has 0 saturated carbocycles. The van der Waals surface area contributed by atoms with Crippen molar-refractivity contribution < 1.29 is 4.74 Å². The molecule has 0 fully saturated rings. The molecule has 0 unspecified atom stereocenters. The Morgan fingerprint density at radius 3 is 2.89 bits per heavy atom. The van der Waals surface area contributed by atoms with E-state index in [0.717, 1.165) is 33.7 Å². The van der Waals surface area contributed by atoms with E-state index in [1.54, 1.807) is 6.20 Å². The number of ether oxygens (including phenoxy) is 1. The van der Waals surface area contributed by atoms with Crippen molar-refractivity contribution in [1.29, 1.82) is 0 Å². The molecule has 0 aliphatic rings. The number of hydrogen-bond donors (Lipinski definition) is 1. The first-order valence-electron chi connectivity index (χ1n) is 5.86. The zero-order chi connectivity index (χ0) is 12.8. The number of pyridine rings is 1. The van der Waals surface area contributed by atoms with Crippen LogP contribution in [0.1, 0.15) is 12.5 Å².